The summed E-state index contributed by atoms with van der Waals surface area (Å²) in [6.07, 6.45) is 4.74. The number of rotatable bonds is 6. The highest BCUT2D eigenvalue weighted by Crippen LogP contribution is 2.36. The van der Waals surface area contributed by atoms with Gasteiger partial charge in [0.05, 0.1) is 31.0 Å². The number of aliphatic imine (C=N–C) groups is 1. The van der Waals surface area contributed by atoms with E-state index in [0.717, 1.165) is 13.1 Å². The van der Waals surface area contributed by atoms with Gasteiger partial charge >= 0.3 is 0 Å². The molecule has 2 saturated heterocycles. The number of anilines is 2. The predicted molar refractivity (Wildman–Crippen MR) is 141 cm³/mol. The van der Waals surface area contributed by atoms with Gasteiger partial charge < -0.3 is 20.3 Å². The lowest BCUT2D eigenvalue weighted by atomic mass is 9.95. The number of halogens is 2. The van der Waals surface area contributed by atoms with E-state index in [1.54, 1.807) is 35.6 Å². The van der Waals surface area contributed by atoms with Crippen molar-refractivity contribution in [1.82, 2.24) is 30.1 Å². The van der Waals surface area contributed by atoms with Crippen molar-refractivity contribution in [3.8, 4) is 0 Å². The number of ether oxygens (including phenoxy) is 1. The minimum Gasteiger partial charge on any atom is -0.379 e. The molecule has 1 aromatic carbocycles. The van der Waals surface area contributed by atoms with E-state index in [9.17, 15) is 4.79 Å². The molecule has 1 unspecified atom stereocenters. The first kappa shape index (κ1) is 25.4. The maximum atomic E-state index is 15.1. The van der Waals surface area contributed by atoms with E-state index >= 15 is 8.78 Å². The van der Waals surface area contributed by atoms with Crippen molar-refractivity contribution in [2.24, 2.45) is 4.99 Å². The van der Waals surface area contributed by atoms with Crippen molar-refractivity contribution < 1.29 is 18.3 Å². The molecule has 2 N–H and O–H groups in total. The lowest BCUT2D eigenvalue weighted by molar-refractivity contribution is 0.0332. The zero-order valence-corrected chi connectivity index (χ0v) is 21.2. The summed E-state index contributed by atoms with van der Waals surface area (Å²) in [6, 6.07) is 6.09. The van der Waals surface area contributed by atoms with Gasteiger partial charge in [0.1, 0.15) is 23.0 Å². The number of hydrogen-bond donors (Lipinski definition) is 2. The first-order chi connectivity index (χ1) is 19.0. The highest BCUT2D eigenvalue weighted by atomic mass is 19.1. The predicted octanol–water partition coefficient (Wildman–Crippen LogP) is 2.62. The summed E-state index contributed by atoms with van der Waals surface area (Å²) in [6.45, 7) is 5.34. The maximum absolute atomic E-state index is 15.1. The van der Waals surface area contributed by atoms with Crippen LogP contribution in [0.2, 0.25) is 0 Å². The smallest absolute Gasteiger partial charge is 0.272 e. The van der Waals surface area contributed by atoms with Crippen LogP contribution in [0, 0.1) is 11.6 Å². The maximum Gasteiger partial charge on any atom is 0.272 e. The van der Waals surface area contributed by atoms with Gasteiger partial charge in [-0.2, -0.15) is 0 Å². The van der Waals surface area contributed by atoms with Crippen LogP contribution in [-0.2, 0) is 11.3 Å². The van der Waals surface area contributed by atoms with Crippen molar-refractivity contribution in [2.75, 3.05) is 57.8 Å². The fourth-order valence-electron chi connectivity index (χ4n) is 4.97. The van der Waals surface area contributed by atoms with Gasteiger partial charge in [0, 0.05) is 69.5 Å². The van der Waals surface area contributed by atoms with E-state index in [0.29, 0.717) is 67.7 Å². The number of carbonyl (C=O) groups excluding carboxylic acids is 1. The molecule has 0 radical (unpaired) electrons. The lowest BCUT2D eigenvalue weighted by Crippen LogP contribution is -2.46. The first-order valence-corrected chi connectivity index (χ1v) is 13.0. The molecule has 12 heteroatoms. The van der Waals surface area contributed by atoms with E-state index in [4.69, 9.17) is 4.74 Å². The van der Waals surface area contributed by atoms with Gasteiger partial charge in [-0.15, -0.1) is 0 Å². The number of amides is 1. The second-order valence-corrected chi connectivity index (χ2v) is 9.67. The van der Waals surface area contributed by atoms with Crippen LogP contribution in [0.3, 0.4) is 0 Å². The molecule has 0 aliphatic carbocycles. The molecule has 0 bridgehead atoms. The van der Waals surface area contributed by atoms with Crippen LogP contribution in [0.1, 0.15) is 33.2 Å². The minimum atomic E-state index is -0.593. The SMILES string of the molecule is O=C(c1cc(Nc2ncc3c(n2)C(c2cc(F)c(CN4CCOCC4)c(F)c2)C=N3)ccn1)N1CCNCC1. The Labute approximate surface area is 224 Å². The molecule has 1 amide bonds. The van der Waals surface area contributed by atoms with Gasteiger partial charge in [-0.1, -0.05) is 0 Å². The molecule has 0 spiro atoms. The number of carbonyl (C=O) groups is 1. The van der Waals surface area contributed by atoms with Crippen molar-refractivity contribution in [3.05, 3.63) is 70.8 Å². The van der Waals surface area contributed by atoms with Crippen LogP contribution in [0.4, 0.5) is 26.1 Å². The van der Waals surface area contributed by atoms with Gasteiger partial charge in [0.15, 0.2) is 0 Å². The highest BCUT2D eigenvalue weighted by Gasteiger charge is 2.27. The van der Waals surface area contributed by atoms with Crippen molar-refractivity contribution in [3.63, 3.8) is 0 Å². The fraction of sp³-hybridized carbons (Fsp3) is 0.370. The minimum absolute atomic E-state index is 0.0460. The summed E-state index contributed by atoms with van der Waals surface area (Å²) in [4.78, 5) is 34.1. The number of piperazine rings is 1. The van der Waals surface area contributed by atoms with Gasteiger partial charge in [0.25, 0.3) is 5.91 Å². The molecule has 5 heterocycles. The zero-order valence-electron chi connectivity index (χ0n) is 21.2. The molecule has 0 saturated carbocycles. The van der Waals surface area contributed by atoms with E-state index in [1.165, 1.54) is 12.1 Å². The molecule has 3 aliphatic heterocycles. The number of aromatic nitrogens is 3. The second kappa shape index (κ2) is 11.1. The van der Waals surface area contributed by atoms with E-state index in [-0.39, 0.29) is 24.0 Å². The Hall–Kier alpha value is -3.87. The molecule has 3 aromatic rings. The summed E-state index contributed by atoms with van der Waals surface area (Å²) in [5.41, 5.74) is 2.47. The van der Waals surface area contributed by atoms with Crippen molar-refractivity contribution in [2.45, 2.75) is 12.5 Å². The monoisotopic (exact) mass is 534 g/mol. The quantitative estimate of drug-likeness (QED) is 0.497. The summed E-state index contributed by atoms with van der Waals surface area (Å²) in [7, 11) is 0. The number of benzene rings is 1. The molecule has 6 rings (SSSR count). The molecule has 1 atom stereocenters. The van der Waals surface area contributed by atoms with Crippen LogP contribution in [0.15, 0.2) is 41.7 Å². The van der Waals surface area contributed by atoms with Crippen molar-refractivity contribution in [1.29, 1.82) is 0 Å². The standard InChI is InChI=1S/C27H28F2N8O2/c28-21-11-17(12-22(29)20(21)16-36-7-9-39-10-8-36)19-14-32-24-15-33-27(35-25(19)24)34-18-1-2-31-23(13-18)26(38)37-5-3-30-4-6-37/h1-2,11-15,19,30H,3-10,16H2,(H,31,33,34,35). The molecule has 202 valence electrons. The Bertz CT molecular complexity index is 1380. The third-order valence-electron chi connectivity index (χ3n) is 7.10. The number of hydrogen-bond acceptors (Lipinski definition) is 9. The van der Waals surface area contributed by atoms with Crippen LogP contribution in [0.25, 0.3) is 0 Å². The normalized spacial score (nSPS) is 19.2. The number of nitrogens with one attached hydrogen (secondary N) is 2. The van der Waals surface area contributed by atoms with Gasteiger partial charge in [-0.25, -0.2) is 18.7 Å². The topological polar surface area (TPSA) is 108 Å². The molecule has 3 aliphatic rings. The van der Waals surface area contributed by atoms with E-state index in [2.05, 4.69) is 30.6 Å². The molecule has 2 aromatic heterocycles. The first-order valence-electron chi connectivity index (χ1n) is 13.0. The average molecular weight is 535 g/mol. The average Bonchev–Trinajstić information content (AvgIpc) is 3.39. The Kier molecular flexibility index (Phi) is 7.22. The van der Waals surface area contributed by atoms with E-state index < -0.39 is 17.6 Å². The second-order valence-electron chi connectivity index (χ2n) is 9.67. The Balaban J connectivity index is 1.20. The van der Waals surface area contributed by atoms with Crippen molar-refractivity contribution >= 4 is 29.4 Å². The van der Waals surface area contributed by atoms with Crippen LogP contribution < -0.4 is 10.6 Å². The van der Waals surface area contributed by atoms with Gasteiger partial charge in [-0.3, -0.25) is 19.7 Å². The molecule has 10 nitrogen and oxygen atoms in total. The number of fused-ring (bicyclic) bond motifs is 1. The number of pyridine rings is 1. The Morgan fingerprint density at radius 3 is 2.62 bits per heavy atom. The van der Waals surface area contributed by atoms with Gasteiger partial charge in [0.2, 0.25) is 5.95 Å². The summed E-state index contributed by atoms with van der Waals surface area (Å²) < 4.78 is 35.5. The lowest BCUT2D eigenvalue weighted by Gasteiger charge is -2.27. The van der Waals surface area contributed by atoms with Gasteiger partial charge in [-0.05, 0) is 29.8 Å². The number of morpholine rings is 1. The Morgan fingerprint density at radius 1 is 1.08 bits per heavy atom. The summed E-state index contributed by atoms with van der Waals surface area (Å²) in [5.74, 6) is -1.56. The largest absolute Gasteiger partial charge is 0.379 e. The summed E-state index contributed by atoms with van der Waals surface area (Å²) >= 11 is 0. The fourth-order valence-corrected chi connectivity index (χ4v) is 4.97. The zero-order chi connectivity index (χ0) is 26.8. The number of nitrogens with zero attached hydrogens (tertiary/aromatic N) is 6. The van der Waals surface area contributed by atoms with Crippen LogP contribution in [0.5, 0.6) is 0 Å². The third-order valence-corrected chi connectivity index (χ3v) is 7.10. The van der Waals surface area contributed by atoms with Crippen LogP contribution >= 0.6 is 0 Å². The molecule has 2 fully saturated rings. The highest BCUT2D eigenvalue weighted by molar-refractivity contribution is 5.93. The Morgan fingerprint density at radius 2 is 1.85 bits per heavy atom. The molecule has 39 heavy (non-hydrogen) atoms. The van der Waals surface area contributed by atoms with E-state index in [1.807, 2.05) is 4.90 Å². The third kappa shape index (κ3) is 5.49. The summed E-state index contributed by atoms with van der Waals surface area (Å²) in [5, 5.41) is 6.34. The molecular weight excluding hydrogens is 506 g/mol. The molecular formula is C27H28F2N8O2. The van der Waals surface area contributed by atoms with Crippen LogP contribution in [-0.4, -0.2) is 89.4 Å².